The third-order valence-corrected chi connectivity index (χ3v) is 7.18. The zero-order chi connectivity index (χ0) is 27.4. The molecule has 2 atom stereocenters. The normalized spacial score (nSPS) is 18.8. The summed E-state index contributed by atoms with van der Waals surface area (Å²) in [6, 6.07) is 24.2. The summed E-state index contributed by atoms with van der Waals surface area (Å²) in [5.74, 6) is -0.253. The number of rotatable bonds is 8. The average Bonchev–Trinajstić information content (AvgIpc) is 2.95. The number of carbonyl (C=O) groups excluding carboxylic acids is 2. The minimum atomic E-state index is -0.664. The van der Waals surface area contributed by atoms with E-state index in [4.69, 9.17) is 14.2 Å². The van der Waals surface area contributed by atoms with E-state index >= 15 is 0 Å². The van der Waals surface area contributed by atoms with Crippen LogP contribution >= 0.6 is 0 Å². The number of Topliss-reactive ketones (excluding diaryl/α,β-unsaturated/α-hetero) is 1. The van der Waals surface area contributed by atoms with E-state index in [9.17, 15) is 14.7 Å². The van der Waals surface area contributed by atoms with Gasteiger partial charge in [0.1, 0.15) is 19.0 Å². The monoisotopic (exact) mass is 525 g/mol. The van der Waals surface area contributed by atoms with E-state index in [0.29, 0.717) is 41.0 Å². The molecule has 200 valence electrons. The molecule has 2 N–H and O–H groups in total. The number of hydrogen-bond donors (Lipinski definition) is 2. The van der Waals surface area contributed by atoms with Gasteiger partial charge in [0.25, 0.3) is 0 Å². The van der Waals surface area contributed by atoms with Crippen LogP contribution in [-0.4, -0.2) is 37.2 Å². The van der Waals surface area contributed by atoms with Crippen LogP contribution in [0.25, 0.3) is 0 Å². The molecule has 1 aliphatic carbocycles. The fourth-order valence-electron chi connectivity index (χ4n) is 5.37. The standard InChI is InChI=1S/C32H31NO6/c1-20-29(32(36)39-16-15-38-24-11-7-4-8-12-24)30(22-13-14-26(34)28(19-22)37-2)31-25(33-20)17-23(18-27(31)35)21-9-5-3-6-10-21/h3-14,19,23,30,33-34H,15-18H2,1-2H3/t23-,30-/m1/s1. The van der Waals surface area contributed by atoms with Crippen LogP contribution in [0.1, 0.15) is 42.7 Å². The smallest absolute Gasteiger partial charge is 0.336 e. The first-order valence-electron chi connectivity index (χ1n) is 13.0. The maximum absolute atomic E-state index is 13.7. The highest BCUT2D eigenvalue weighted by Gasteiger charge is 2.41. The van der Waals surface area contributed by atoms with Gasteiger partial charge in [0.2, 0.25) is 0 Å². The topological polar surface area (TPSA) is 94.1 Å². The number of benzene rings is 3. The molecule has 5 rings (SSSR count). The first-order valence-corrected chi connectivity index (χ1v) is 13.0. The van der Waals surface area contributed by atoms with Crippen LogP contribution in [0.2, 0.25) is 0 Å². The molecule has 0 bridgehead atoms. The minimum Gasteiger partial charge on any atom is -0.504 e. The van der Waals surface area contributed by atoms with E-state index in [1.807, 2.05) is 67.6 Å². The second-order valence-electron chi connectivity index (χ2n) is 9.66. The van der Waals surface area contributed by atoms with Crippen molar-refractivity contribution in [2.45, 2.75) is 31.6 Å². The summed E-state index contributed by atoms with van der Waals surface area (Å²) < 4.78 is 16.6. The van der Waals surface area contributed by atoms with Gasteiger partial charge in [-0.05, 0) is 54.7 Å². The summed E-state index contributed by atoms with van der Waals surface area (Å²) >= 11 is 0. The van der Waals surface area contributed by atoms with Crippen LogP contribution in [0, 0.1) is 0 Å². The maximum atomic E-state index is 13.7. The Morgan fingerprint density at radius 1 is 0.949 bits per heavy atom. The van der Waals surface area contributed by atoms with Gasteiger partial charge in [0, 0.05) is 29.3 Å². The first kappa shape index (κ1) is 26.1. The van der Waals surface area contributed by atoms with Crippen molar-refractivity contribution in [2.24, 2.45) is 0 Å². The Morgan fingerprint density at radius 2 is 1.67 bits per heavy atom. The van der Waals surface area contributed by atoms with E-state index in [1.54, 1.807) is 12.1 Å². The lowest BCUT2D eigenvalue weighted by atomic mass is 9.71. The third-order valence-electron chi connectivity index (χ3n) is 7.18. The molecule has 0 fully saturated rings. The number of dihydropyridines is 1. The molecule has 0 amide bonds. The number of phenols is 1. The fourth-order valence-corrected chi connectivity index (χ4v) is 5.37. The van der Waals surface area contributed by atoms with Gasteiger partial charge in [0.15, 0.2) is 17.3 Å². The molecule has 1 heterocycles. The quantitative estimate of drug-likeness (QED) is 0.301. The van der Waals surface area contributed by atoms with E-state index in [1.165, 1.54) is 13.2 Å². The lowest BCUT2D eigenvalue weighted by Crippen LogP contribution is -2.36. The number of para-hydroxylation sites is 1. The highest BCUT2D eigenvalue weighted by Crippen LogP contribution is 2.46. The number of ether oxygens (including phenoxy) is 3. The number of allylic oxidation sites excluding steroid dienone is 3. The van der Waals surface area contributed by atoms with Crippen molar-refractivity contribution in [1.29, 1.82) is 0 Å². The molecule has 39 heavy (non-hydrogen) atoms. The van der Waals surface area contributed by atoms with Gasteiger partial charge in [0.05, 0.1) is 12.7 Å². The predicted octanol–water partition coefficient (Wildman–Crippen LogP) is 5.38. The van der Waals surface area contributed by atoms with Gasteiger partial charge < -0.3 is 24.6 Å². The molecule has 3 aromatic rings. The Balaban J connectivity index is 1.45. The molecule has 1 aliphatic heterocycles. The van der Waals surface area contributed by atoms with Gasteiger partial charge in [-0.15, -0.1) is 0 Å². The second-order valence-corrected chi connectivity index (χ2v) is 9.66. The number of esters is 1. The lowest BCUT2D eigenvalue weighted by Gasteiger charge is -2.36. The van der Waals surface area contributed by atoms with E-state index in [0.717, 1.165) is 11.3 Å². The molecule has 7 heteroatoms. The van der Waals surface area contributed by atoms with Crippen LogP contribution < -0.4 is 14.8 Å². The van der Waals surface area contributed by atoms with Crippen molar-refractivity contribution < 1.29 is 28.9 Å². The van der Waals surface area contributed by atoms with Crippen LogP contribution in [0.3, 0.4) is 0 Å². The maximum Gasteiger partial charge on any atom is 0.336 e. The summed E-state index contributed by atoms with van der Waals surface area (Å²) in [4.78, 5) is 27.2. The molecule has 2 aliphatic rings. The van der Waals surface area contributed by atoms with Crippen LogP contribution in [0.15, 0.2) is 101 Å². The molecule has 0 unspecified atom stereocenters. The van der Waals surface area contributed by atoms with Gasteiger partial charge in [-0.2, -0.15) is 0 Å². The molecule has 3 aromatic carbocycles. The zero-order valence-electron chi connectivity index (χ0n) is 22.0. The molecule has 0 radical (unpaired) electrons. The molecule has 0 aromatic heterocycles. The second kappa shape index (κ2) is 11.5. The summed E-state index contributed by atoms with van der Waals surface area (Å²) in [5.41, 5.74) is 4.10. The van der Waals surface area contributed by atoms with Gasteiger partial charge in [-0.1, -0.05) is 54.6 Å². The Morgan fingerprint density at radius 3 is 2.38 bits per heavy atom. The van der Waals surface area contributed by atoms with E-state index < -0.39 is 11.9 Å². The number of carbonyl (C=O) groups is 2. The van der Waals surface area contributed by atoms with Crippen molar-refractivity contribution in [3.05, 3.63) is 113 Å². The SMILES string of the molecule is COc1cc([C@@H]2C(C(=O)OCCOc3ccccc3)=C(C)NC3=C2C(=O)C[C@H](c2ccccc2)C3)ccc1O. The fraction of sp³-hybridized carbons (Fsp3) is 0.250. The summed E-state index contributed by atoms with van der Waals surface area (Å²) in [5, 5.41) is 13.6. The molecular formula is C32H31NO6. The van der Waals surface area contributed by atoms with Gasteiger partial charge in [-0.25, -0.2) is 4.79 Å². The number of aromatic hydroxyl groups is 1. The highest BCUT2D eigenvalue weighted by molar-refractivity contribution is 6.04. The summed E-state index contributed by atoms with van der Waals surface area (Å²) in [6.07, 6.45) is 0.976. The number of methoxy groups -OCH3 is 1. The van der Waals surface area contributed by atoms with Gasteiger partial charge >= 0.3 is 5.97 Å². The Bertz CT molecular complexity index is 1430. The molecule has 0 saturated heterocycles. The third kappa shape index (κ3) is 5.53. The number of ketones is 1. The van der Waals surface area contributed by atoms with Gasteiger partial charge in [-0.3, -0.25) is 4.79 Å². The summed E-state index contributed by atoms with van der Waals surface area (Å²) in [6.45, 7) is 2.06. The molecule has 0 saturated carbocycles. The van der Waals surface area contributed by atoms with Crippen molar-refractivity contribution in [2.75, 3.05) is 20.3 Å². The van der Waals surface area contributed by atoms with Crippen molar-refractivity contribution in [1.82, 2.24) is 5.32 Å². The van der Waals surface area contributed by atoms with Crippen LogP contribution in [-0.2, 0) is 14.3 Å². The Labute approximate surface area is 227 Å². The minimum absolute atomic E-state index is 0.0219. The zero-order valence-corrected chi connectivity index (χ0v) is 22.0. The van der Waals surface area contributed by atoms with Crippen molar-refractivity contribution >= 4 is 11.8 Å². The molecule has 0 spiro atoms. The van der Waals surface area contributed by atoms with E-state index in [2.05, 4.69) is 5.32 Å². The van der Waals surface area contributed by atoms with Crippen molar-refractivity contribution in [3.8, 4) is 17.2 Å². The molecular weight excluding hydrogens is 494 g/mol. The van der Waals surface area contributed by atoms with Crippen molar-refractivity contribution in [3.63, 3.8) is 0 Å². The number of nitrogens with one attached hydrogen (secondary N) is 1. The Hall–Kier alpha value is -4.52. The number of hydrogen-bond acceptors (Lipinski definition) is 7. The largest absolute Gasteiger partial charge is 0.504 e. The highest BCUT2D eigenvalue weighted by atomic mass is 16.6. The predicted molar refractivity (Wildman–Crippen MR) is 147 cm³/mol. The average molecular weight is 526 g/mol. The Kier molecular flexibility index (Phi) is 7.68. The van der Waals surface area contributed by atoms with E-state index in [-0.39, 0.29) is 36.4 Å². The lowest BCUT2D eigenvalue weighted by molar-refractivity contribution is -0.140. The number of phenolic OH excluding ortho intramolecular Hbond substituents is 1. The summed E-state index contributed by atoms with van der Waals surface area (Å²) in [7, 11) is 1.46. The van der Waals surface area contributed by atoms with Crippen LogP contribution in [0.4, 0.5) is 0 Å². The van der Waals surface area contributed by atoms with Crippen LogP contribution in [0.5, 0.6) is 17.2 Å². The molecule has 7 nitrogen and oxygen atoms in total. The first-order chi connectivity index (χ1) is 19.0.